The van der Waals surface area contributed by atoms with Crippen LogP contribution in [0.4, 0.5) is 11.4 Å². The molecule has 2 nitrogen and oxygen atoms in total. The van der Waals surface area contributed by atoms with Gasteiger partial charge in [-0.25, -0.2) is 0 Å². The molecule has 0 saturated carbocycles. The Kier molecular flexibility index (Phi) is 4.53. The van der Waals surface area contributed by atoms with E-state index in [1.165, 1.54) is 0 Å². The lowest BCUT2D eigenvalue weighted by Crippen LogP contribution is -2.18. The molecule has 0 spiro atoms. The Bertz CT molecular complexity index is 427. The lowest BCUT2D eigenvalue weighted by molar-refractivity contribution is 0.549. The van der Waals surface area contributed by atoms with Crippen LogP contribution in [0.5, 0.6) is 0 Å². The van der Waals surface area contributed by atoms with Crippen LogP contribution in [0.1, 0.15) is 12.8 Å². The summed E-state index contributed by atoms with van der Waals surface area (Å²) in [6, 6.07) is 20.4. The quantitative estimate of drug-likeness (QED) is 0.715. The molecule has 0 aliphatic heterocycles. The van der Waals surface area contributed by atoms with E-state index in [-0.39, 0.29) is 0 Å². The first-order chi connectivity index (χ1) is 8.92. The summed E-state index contributed by atoms with van der Waals surface area (Å²) < 4.78 is 0. The number of unbranched alkanes of at least 4 members (excludes halogenated alkanes) is 1. The van der Waals surface area contributed by atoms with Gasteiger partial charge in [0.1, 0.15) is 0 Å². The highest BCUT2D eigenvalue weighted by Crippen LogP contribution is 2.24. The van der Waals surface area contributed by atoms with Crippen LogP contribution in [-0.4, -0.2) is 12.8 Å². The van der Waals surface area contributed by atoms with Crippen molar-refractivity contribution in [1.82, 2.24) is 0 Å². The molecule has 0 unspecified atom stereocenters. The van der Waals surface area contributed by atoms with Gasteiger partial charge in [-0.05, 0) is 30.7 Å². The molecule has 2 rings (SSSR count). The summed E-state index contributed by atoms with van der Waals surface area (Å²) in [6.07, 6.45) is 3.24. The largest absolute Gasteiger partial charge is 0.341 e. The molecule has 0 aliphatic rings. The standard InChI is InChI=1S/C16H16NO/c18-14-8-7-13-17(15-9-3-1-4-10-15)16-11-5-2-6-12-16/h1-6,9-12H,7-8,13H2. The van der Waals surface area contributed by atoms with Gasteiger partial charge in [-0.1, -0.05) is 36.4 Å². The van der Waals surface area contributed by atoms with Gasteiger partial charge < -0.3 is 4.90 Å². The maximum absolute atomic E-state index is 10.3. The van der Waals surface area contributed by atoms with Crippen molar-refractivity contribution in [3.05, 3.63) is 60.7 Å². The van der Waals surface area contributed by atoms with Crippen molar-refractivity contribution in [1.29, 1.82) is 0 Å². The van der Waals surface area contributed by atoms with Gasteiger partial charge in [-0.15, -0.1) is 0 Å². The molecule has 0 N–H and O–H groups in total. The third-order valence-electron chi connectivity index (χ3n) is 2.80. The Hall–Kier alpha value is -2.09. The van der Waals surface area contributed by atoms with E-state index in [0.29, 0.717) is 6.42 Å². The van der Waals surface area contributed by atoms with Crippen LogP contribution in [0.2, 0.25) is 0 Å². The monoisotopic (exact) mass is 238 g/mol. The number of nitrogens with zero attached hydrogens (tertiary/aromatic N) is 1. The van der Waals surface area contributed by atoms with Crippen molar-refractivity contribution >= 4 is 17.7 Å². The SMILES string of the molecule is O=[C]CCCN(c1ccccc1)c1ccccc1. The van der Waals surface area contributed by atoms with Gasteiger partial charge in [0.05, 0.1) is 0 Å². The molecule has 0 aromatic heterocycles. The summed E-state index contributed by atoms with van der Waals surface area (Å²) >= 11 is 0. The summed E-state index contributed by atoms with van der Waals surface area (Å²) in [5, 5.41) is 0. The van der Waals surface area contributed by atoms with E-state index in [9.17, 15) is 4.79 Å². The summed E-state index contributed by atoms with van der Waals surface area (Å²) in [4.78, 5) is 12.5. The maximum Gasteiger partial charge on any atom is 0.198 e. The smallest absolute Gasteiger partial charge is 0.198 e. The minimum absolute atomic E-state index is 0.482. The van der Waals surface area contributed by atoms with Gasteiger partial charge in [-0.3, -0.25) is 4.79 Å². The second-order valence-corrected chi connectivity index (χ2v) is 4.07. The third kappa shape index (κ3) is 3.20. The number of anilines is 2. The number of hydrogen-bond acceptors (Lipinski definition) is 2. The van der Waals surface area contributed by atoms with Crippen LogP contribution < -0.4 is 4.90 Å². The van der Waals surface area contributed by atoms with E-state index in [2.05, 4.69) is 29.2 Å². The molecule has 0 fully saturated rings. The van der Waals surface area contributed by atoms with Crippen LogP contribution in [0.25, 0.3) is 0 Å². The number of para-hydroxylation sites is 2. The molecule has 0 bridgehead atoms. The summed E-state index contributed by atoms with van der Waals surface area (Å²) in [5.41, 5.74) is 2.30. The van der Waals surface area contributed by atoms with Crippen LogP contribution in [0, 0.1) is 0 Å². The van der Waals surface area contributed by atoms with Crippen molar-refractivity contribution < 1.29 is 4.79 Å². The Balaban J connectivity index is 2.21. The van der Waals surface area contributed by atoms with Crippen molar-refractivity contribution in [2.75, 3.05) is 11.4 Å². The van der Waals surface area contributed by atoms with Crippen LogP contribution in [-0.2, 0) is 4.79 Å². The second kappa shape index (κ2) is 6.60. The fraction of sp³-hybridized carbons (Fsp3) is 0.188. The second-order valence-electron chi connectivity index (χ2n) is 4.07. The predicted octanol–water partition coefficient (Wildman–Crippen LogP) is 3.71. The summed E-state index contributed by atoms with van der Waals surface area (Å²) in [5.74, 6) is 0. The highest BCUT2D eigenvalue weighted by molar-refractivity contribution is 5.63. The number of carbonyl (C=O) groups excluding carboxylic acids is 1. The first-order valence-corrected chi connectivity index (χ1v) is 6.14. The van der Waals surface area contributed by atoms with Crippen molar-refractivity contribution in [3.8, 4) is 0 Å². The molecule has 2 heteroatoms. The zero-order valence-corrected chi connectivity index (χ0v) is 10.3. The lowest BCUT2D eigenvalue weighted by Gasteiger charge is -2.24. The molecule has 2 aromatic rings. The highest BCUT2D eigenvalue weighted by atomic mass is 16.1. The van der Waals surface area contributed by atoms with Gasteiger partial charge in [0, 0.05) is 24.3 Å². The van der Waals surface area contributed by atoms with E-state index in [0.717, 1.165) is 24.3 Å². The highest BCUT2D eigenvalue weighted by Gasteiger charge is 2.07. The third-order valence-corrected chi connectivity index (χ3v) is 2.80. The van der Waals surface area contributed by atoms with E-state index in [4.69, 9.17) is 0 Å². The lowest BCUT2D eigenvalue weighted by atomic mass is 10.2. The van der Waals surface area contributed by atoms with Gasteiger partial charge in [0.2, 0.25) is 0 Å². The number of rotatable bonds is 6. The van der Waals surface area contributed by atoms with E-state index in [1.807, 2.05) is 42.7 Å². The molecular formula is C16H16NO. The zero-order chi connectivity index (χ0) is 12.6. The summed E-state index contributed by atoms with van der Waals surface area (Å²) in [7, 11) is 0. The molecule has 0 heterocycles. The maximum atomic E-state index is 10.3. The topological polar surface area (TPSA) is 20.3 Å². The molecule has 18 heavy (non-hydrogen) atoms. The van der Waals surface area contributed by atoms with Crippen LogP contribution in [0.15, 0.2) is 60.7 Å². The van der Waals surface area contributed by atoms with E-state index >= 15 is 0 Å². The Morgan fingerprint density at radius 3 is 1.78 bits per heavy atom. The molecule has 0 amide bonds. The Morgan fingerprint density at radius 2 is 1.33 bits per heavy atom. The van der Waals surface area contributed by atoms with E-state index < -0.39 is 0 Å². The van der Waals surface area contributed by atoms with Crippen LogP contribution in [0.3, 0.4) is 0 Å². The fourth-order valence-corrected chi connectivity index (χ4v) is 1.93. The molecular weight excluding hydrogens is 222 g/mol. The average Bonchev–Trinajstić information content (AvgIpc) is 2.46. The molecule has 0 atom stereocenters. The van der Waals surface area contributed by atoms with Gasteiger partial charge in [0.25, 0.3) is 0 Å². The molecule has 2 aromatic carbocycles. The zero-order valence-electron chi connectivity index (χ0n) is 10.3. The predicted molar refractivity (Wildman–Crippen MR) is 74.8 cm³/mol. The number of hydrogen-bond donors (Lipinski definition) is 0. The average molecular weight is 238 g/mol. The Labute approximate surface area is 108 Å². The molecule has 0 saturated heterocycles. The van der Waals surface area contributed by atoms with Crippen molar-refractivity contribution in [2.45, 2.75) is 12.8 Å². The minimum atomic E-state index is 0.482. The van der Waals surface area contributed by atoms with Crippen LogP contribution >= 0.6 is 0 Å². The minimum Gasteiger partial charge on any atom is -0.341 e. The van der Waals surface area contributed by atoms with Gasteiger partial charge in [-0.2, -0.15) is 0 Å². The fourth-order valence-electron chi connectivity index (χ4n) is 1.93. The summed E-state index contributed by atoms with van der Waals surface area (Å²) in [6.45, 7) is 0.823. The van der Waals surface area contributed by atoms with Gasteiger partial charge in [0.15, 0.2) is 6.29 Å². The molecule has 91 valence electrons. The number of benzene rings is 2. The first-order valence-electron chi connectivity index (χ1n) is 6.14. The first kappa shape index (κ1) is 12.4. The molecule has 1 radical (unpaired) electrons. The molecule has 0 aliphatic carbocycles. The van der Waals surface area contributed by atoms with Gasteiger partial charge >= 0.3 is 0 Å². The Morgan fingerprint density at radius 1 is 0.833 bits per heavy atom. The van der Waals surface area contributed by atoms with E-state index in [1.54, 1.807) is 0 Å². The normalized spacial score (nSPS) is 10.0. The van der Waals surface area contributed by atoms with Crippen molar-refractivity contribution in [3.63, 3.8) is 0 Å². The van der Waals surface area contributed by atoms with Crippen molar-refractivity contribution in [2.24, 2.45) is 0 Å².